The van der Waals surface area contributed by atoms with Crippen LogP contribution in [0, 0.1) is 0 Å². The summed E-state index contributed by atoms with van der Waals surface area (Å²) < 4.78 is 12.4. The number of hydrogen-bond acceptors (Lipinski definition) is 3. The Morgan fingerprint density at radius 1 is 1.15 bits per heavy atom. The topological polar surface area (TPSA) is 47.6 Å². The van der Waals surface area contributed by atoms with Crippen molar-refractivity contribution < 1.29 is 14.1 Å². The molecule has 1 aliphatic rings. The molecule has 0 atom stereocenters. The molecule has 0 saturated carbocycles. The fourth-order valence-electron chi connectivity index (χ4n) is 2.73. The zero-order valence-electron chi connectivity index (χ0n) is 17.4. The molecule has 1 amide bonds. The summed E-state index contributed by atoms with van der Waals surface area (Å²) >= 11 is 0. The Morgan fingerprint density at radius 2 is 1.73 bits per heavy atom. The molecule has 4 nitrogen and oxygen atoms in total. The van der Waals surface area contributed by atoms with Crippen LogP contribution in [-0.4, -0.2) is 38.8 Å². The van der Waals surface area contributed by atoms with Crippen molar-refractivity contribution in [2.45, 2.75) is 65.5 Å². The van der Waals surface area contributed by atoms with E-state index >= 15 is 0 Å². The molecule has 1 aromatic carbocycles. The lowest BCUT2D eigenvalue weighted by Gasteiger charge is -2.32. The van der Waals surface area contributed by atoms with Crippen LogP contribution in [0.3, 0.4) is 0 Å². The molecule has 1 N–H and O–H groups in total. The van der Waals surface area contributed by atoms with E-state index in [0.717, 1.165) is 11.0 Å². The Balaban J connectivity index is 2.37. The minimum Gasteiger partial charge on any atom is -0.400 e. The van der Waals surface area contributed by atoms with Gasteiger partial charge in [0.2, 0.25) is 5.91 Å². The molecule has 0 aliphatic carbocycles. The molecule has 1 aromatic rings. The van der Waals surface area contributed by atoms with Gasteiger partial charge in [-0.3, -0.25) is 4.79 Å². The maximum absolute atomic E-state index is 11.4. The summed E-state index contributed by atoms with van der Waals surface area (Å²) in [6, 6.07) is 8.62. The number of amides is 1. The quantitative estimate of drug-likeness (QED) is 0.805. The van der Waals surface area contributed by atoms with Crippen molar-refractivity contribution in [1.82, 2.24) is 5.32 Å². The van der Waals surface area contributed by atoms with E-state index in [2.05, 4.69) is 55.3 Å². The van der Waals surface area contributed by atoms with Gasteiger partial charge in [0, 0.05) is 13.5 Å². The monoisotopic (exact) mass is 373 g/mol. The lowest BCUT2D eigenvalue weighted by Crippen LogP contribution is -2.41. The van der Waals surface area contributed by atoms with E-state index in [4.69, 9.17) is 9.31 Å². The molecule has 6 heteroatoms. The normalized spacial score (nSPS) is 19.5. The molecule has 0 unspecified atom stereocenters. The predicted molar refractivity (Wildman–Crippen MR) is 112 cm³/mol. The van der Waals surface area contributed by atoms with E-state index in [-0.39, 0.29) is 5.91 Å². The minimum atomic E-state index is -1.39. The van der Waals surface area contributed by atoms with Crippen molar-refractivity contribution in [2.24, 2.45) is 0 Å². The third-order valence-corrected chi connectivity index (χ3v) is 7.25. The summed E-state index contributed by atoms with van der Waals surface area (Å²) in [5, 5.41) is 4.29. The maximum Gasteiger partial charge on any atom is 0.492 e. The number of carbonyl (C=O) groups excluding carboxylic acids is 1. The van der Waals surface area contributed by atoms with Crippen LogP contribution in [0.4, 0.5) is 0 Å². The molecule has 142 valence electrons. The second-order valence-corrected chi connectivity index (χ2v) is 14.2. The van der Waals surface area contributed by atoms with Gasteiger partial charge in [-0.15, -0.1) is 0 Å². The van der Waals surface area contributed by atoms with Gasteiger partial charge in [0.15, 0.2) is 0 Å². The van der Waals surface area contributed by atoms with Crippen molar-refractivity contribution in [2.75, 3.05) is 6.54 Å². The molecule has 1 aliphatic heterocycles. The number of carbonyl (C=O) groups is 1. The molecular formula is C20H32BNO3Si. The van der Waals surface area contributed by atoms with Crippen LogP contribution in [0.25, 0.3) is 6.08 Å². The van der Waals surface area contributed by atoms with Crippen LogP contribution in [-0.2, 0) is 14.1 Å². The molecule has 1 fully saturated rings. The summed E-state index contributed by atoms with van der Waals surface area (Å²) in [5.74, 6) is -0.0664. The Labute approximate surface area is 159 Å². The molecule has 1 heterocycles. The van der Waals surface area contributed by atoms with Crippen LogP contribution in [0.2, 0.25) is 19.6 Å². The molecule has 0 bridgehead atoms. The van der Waals surface area contributed by atoms with Crippen LogP contribution in [0.5, 0.6) is 0 Å². The van der Waals surface area contributed by atoms with E-state index in [0.29, 0.717) is 6.54 Å². The van der Waals surface area contributed by atoms with Gasteiger partial charge in [-0.05, 0) is 38.7 Å². The maximum atomic E-state index is 11.4. The SMILES string of the molecule is CC(=O)NCC(=Cc1cccc([Si](C)(C)C)c1)B1OC(C)(C)C(C)(C)O1. The molecule has 26 heavy (non-hydrogen) atoms. The highest BCUT2D eigenvalue weighted by atomic mass is 28.3. The zero-order valence-corrected chi connectivity index (χ0v) is 18.4. The Bertz CT molecular complexity index is 691. The molecule has 0 radical (unpaired) electrons. The van der Waals surface area contributed by atoms with Gasteiger partial charge in [-0.1, -0.05) is 55.2 Å². The van der Waals surface area contributed by atoms with E-state index in [1.165, 1.54) is 12.1 Å². The number of nitrogens with one attached hydrogen (secondary N) is 1. The highest BCUT2D eigenvalue weighted by molar-refractivity contribution is 6.88. The number of benzene rings is 1. The third-order valence-electron chi connectivity index (χ3n) is 5.20. The average molecular weight is 373 g/mol. The highest BCUT2D eigenvalue weighted by Crippen LogP contribution is 2.38. The first-order valence-electron chi connectivity index (χ1n) is 9.23. The van der Waals surface area contributed by atoms with Crippen molar-refractivity contribution in [3.8, 4) is 0 Å². The lowest BCUT2D eigenvalue weighted by atomic mass is 9.77. The fraction of sp³-hybridized carbons (Fsp3) is 0.550. The minimum absolute atomic E-state index is 0.0664. The van der Waals surface area contributed by atoms with E-state index in [1.807, 2.05) is 27.7 Å². The summed E-state index contributed by atoms with van der Waals surface area (Å²) in [4.78, 5) is 11.4. The molecule has 2 rings (SSSR count). The summed E-state index contributed by atoms with van der Waals surface area (Å²) in [6.07, 6.45) is 2.09. The fourth-order valence-corrected chi connectivity index (χ4v) is 3.93. The van der Waals surface area contributed by atoms with E-state index in [9.17, 15) is 4.79 Å². The summed E-state index contributed by atoms with van der Waals surface area (Å²) in [6.45, 7) is 17.1. The smallest absolute Gasteiger partial charge is 0.400 e. The van der Waals surface area contributed by atoms with Gasteiger partial charge in [-0.25, -0.2) is 0 Å². The molecule has 0 spiro atoms. The van der Waals surface area contributed by atoms with Gasteiger partial charge in [-0.2, -0.15) is 0 Å². The summed E-state index contributed by atoms with van der Waals surface area (Å²) in [7, 11) is -1.86. The van der Waals surface area contributed by atoms with Gasteiger partial charge >= 0.3 is 7.12 Å². The van der Waals surface area contributed by atoms with Crippen molar-refractivity contribution in [3.63, 3.8) is 0 Å². The number of hydrogen-bond donors (Lipinski definition) is 1. The second kappa shape index (κ2) is 7.33. The van der Waals surface area contributed by atoms with Crippen LogP contribution in [0.1, 0.15) is 40.2 Å². The standard InChI is InChI=1S/C20H32BNO3Si/c1-15(23)22-14-17(21-24-19(2,3)20(4,5)25-21)12-16-10-9-11-18(13-16)26(6,7)8/h9-13H,14H2,1-8H3,(H,22,23). The van der Waals surface area contributed by atoms with Crippen LogP contribution >= 0.6 is 0 Å². The lowest BCUT2D eigenvalue weighted by molar-refractivity contribution is -0.118. The van der Waals surface area contributed by atoms with Crippen molar-refractivity contribution in [1.29, 1.82) is 0 Å². The Morgan fingerprint density at radius 3 is 2.23 bits per heavy atom. The van der Waals surface area contributed by atoms with Gasteiger partial charge in [0.05, 0.1) is 19.3 Å². The van der Waals surface area contributed by atoms with Crippen molar-refractivity contribution >= 4 is 32.4 Å². The van der Waals surface area contributed by atoms with Gasteiger partial charge < -0.3 is 14.6 Å². The van der Waals surface area contributed by atoms with E-state index < -0.39 is 26.4 Å². The average Bonchev–Trinajstić information content (AvgIpc) is 2.71. The van der Waals surface area contributed by atoms with E-state index in [1.54, 1.807) is 0 Å². The zero-order chi connectivity index (χ0) is 19.8. The van der Waals surface area contributed by atoms with Crippen LogP contribution < -0.4 is 10.5 Å². The molecular weight excluding hydrogens is 341 g/mol. The Kier molecular flexibility index (Phi) is 5.90. The van der Waals surface area contributed by atoms with Gasteiger partial charge in [0.25, 0.3) is 0 Å². The largest absolute Gasteiger partial charge is 0.492 e. The first-order chi connectivity index (χ1) is 11.8. The first kappa shape index (κ1) is 20.9. The summed E-state index contributed by atoms with van der Waals surface area (Å²) in [5.41, 5.74) is 1.21. The van der Waals surface area contributed by atoms with Gasteiger partial charge in [0.1, 0.15) is 0 Å². The van der Waals surface area contributed by atoms with Crippen LogP contribution in [0.15, 0.2) is 29.7 Å². The highest BCUT2D eigenvalue weighted by Gasteiger charge is 2.52. The third kappa shape index (κ3) is 4.87. The second-order valence-electron chi connectivity index (χ2n) is 9.09. The molecule has 0 aromatic heterocycles. The number of rotatable bonds is 5. The van der Waals surface area contributed by atoms with Crippen molar-refractivity contribution in [3.05, 3.63) is 35.3 Å². The predicted octanol–water partition coefficient (Wildman–Crippen LogP) is 3.38. The Hall–Kier alpha value is -1.37. The first-order valence-corrected chi connectivity index (χ1v) is 12.7. The molecule has 1 saturated heterocycles.